The van der Waals surface area contributed by atoms with E-state index in [9.17, 15) is 4.39 Å². The number of piperidine rings is 1. The summed E-state index contributed by atoms with van der Waals surface area (Å²) < 4.78 is 15.6. The SMILES string of the molecule is Cc1ncc(-c2ccc(F)cc2)c(C2CCCN(Cc3cccn3-c3ccc(Cl)cn3)C2)n1. The maximum atomic E-state index is 13.5. The van der Waals surface area contributed by atoms with Gasteiger partial charge >= 0.3 is 0 Å². The van der Waals surface area contributed by atoms with Crippen LogP contribution < -0.4 is 0 Å². The van der Waals surface area contributed by atoms with Gasteiger partial charge in [-0.3, -0.25) is 4.90 Å². The summed E-state index contributed by atoms with van der Waals surface area (Å²) in [4.78, 5) is 16.2. The van der Waals surface area contributed by atoms with Crippen molar-refractivity contribution < 1.29 is 4.39 Å². The second-order valence-electron chi connectivity index (χ2n) is 8.50. The van der Waals surface area contributed by atoms with E-state index >= 15 is 0 Å². The summed E-state index contributed by atoms with van der Waals surface area (Å²) in [6.45, 7) is 4.68. The van der Waals surface area contributed by atoms with Gasteiger partial charge in [-0.15, -0.1) is 0 Å². The molecular weight excluding hydrogens is 437 g/mol. The molecule has 4 aromatic rings. The van der Waals surface area contributed by atoms with Gasteiger partial charge in [0.15, 0.2) is 0 Å². The van der Waals surface area contributed by atoms with Gasteiger partial charge in [0, 0.05) is 48.9 Å². The number of aryl methyl sites for hydroxylation is 1. The number of hydrogen-bond acceptors (Lipinski definition) is 4. The fraction of sp³-hybridized carbons (Fsp3) is 0.269. The topological polar surface area (TPSA) is 46.8 Å². The highest BCUT2D eigenvalue weighted by Crippen LogP contribution is 2.33. The predicted octanol–water partition coefficient (Wildman–Crippen LogP) is 5.81. The lowest BCUT2D eigenvalue weighted by molar-refractivity contribution is 0.195. The Labute approximate surface area is 197 Å². The lowest BCUT2D eigenvalue weighted by Gasteiger charge is -2.33. The number of aromatic nitrogens is 4. The Kier molecular flexibility index (Phi) is 6.20. The molecule has 1 aliphatic heterocycles. The van der Waals surface area contributed by atoms with Gasteiger partial charge in [0.1, 0.15) is 17.5 Å². The summed E-state index contributed by atoms with van der Waals surface area (Å²) in [6.07, 6.45) is 7.75. The van der Waals surface area contributed by atoms with Crippen molar-refractivity contribution in [2.45, 2.75) is 32.2 Å². The Bertz CT molecular complexity index is 1240. The average molecular weight is 462 g/mol. The van der Waals surface area contributed by atoms with Crippen LogP contribution in [0, 0.1) is 12.7 Å². The van der Waals surface area contributed by atoms with Gasteiger partial charge in [0.25, 0.3) is 0 Å². The molecule has 3 aromatic heterocycles. The smallest absolute Gasteiger partial charge is 0.136 e. The molecule has 1 aromatic carbocycles. The fourth-order valence-electron chi connectivity index (χ4n) is 4.58. The van der Waals surface area contributed by atoms with Crippen LogP contribution in [0.15, 0.2) is 67.1 Å². The van der Waals surface area contributed by atoms with Crippen molar-refractivity contribution >= 4 is 11.6 Å². The van der Waals surface area contributed by atoms with E-state index in [-0.39, 0.29) is 11.7 Å². The van der Waals surface area contributed by atoms with Gasteiger partial charge in [-0.25, -0.2) is 19.3 Å². The molecule has 1 atom stereocenters. The fourth-order valence-corrected chi connectivity index (χ4v) is 4.69. The van der Waals surface area contributed by atoms with Gasteiger partial charge in [-0.2, -0.15) is 0 Å². The van der Waals surface area contributed by atoms with E-state index in [1.54, 1.807) is 18.3 Å². The lowest BCUT2D eigenvalue weighted by atomic mass is 9.89. The Morgan fingerprint density at radius 3 is 2.70 bits per heavy atom. The van der Waals surface area contributed by atoms with Gasteiger partial charge in [0.2, 0.25) is 0 Å². The molecule has 168 valence electrons. The monoisotopic (exact) mass is 461 g/mol. The maximum absolute atomic E-state index is 13.5. The standard InChI is InChI=1S/C26H25ClFN5/c1-18-29-15-24(19-6-9-22(28)10-7-19)26(31-18)20-4-2-12-32(16-20)17-23-5-3-13-33(23)25-11-8-21(27)14-30-25/h3,5-11,13-15,20H,2,4,12,16-17H2,1H3. The Morgan fingerprint density at radius 1 is 1.06 bits per heavy atom. The second kappa shape index (κ2) is 9.41. The van der Waals surface area contributed by atoms with E-state index in [1.165, 1.54) is 17.8 Å². The molecule has 0 amide bonds. The van der Waals surface area contributed by atoms with Crippen molar-refractivity contribution in [1.82, 2.24) is 24.4 Å². The van der Waals surface area contributed by atoms with Crippen LogP contribution in [0.2, 0.25) is 5.02 Å². The van der Waals surface area contributed by atoms with Crippen molar-refractivity contribution in [3.05, 3.63) is 95.2 Å². The molecule has 1 unspecified atom stereocenters. The first kappa shape index (κ1) is 21.7. The molecule has 33 heavy (non-hydrogen) atoms. The van der Waals surface area contributed by atoms with Crippen molar-refractivity contribution in [3.8, 4) is 16.9 Å². The first-order valence-electron chi connectivity index (χ1n) is 11.2. The molecule has 0 radical (unpaired) electrons. The third kappa shape index (κ3) is 4.82. The largest absolute Gasteiger partial charge is 0.304 e. The van der Waals surface area contributed by atoms with E-state index in [1.807, 2.05) is 37.5 Å². The molecule has 4 heterocycles. The molecule has 1 fully saturated rings. The lowest BCUT2D eigenvalue weighted by Crippen LogP contribution is -2.35. The minimum atomic E-state index is -0.240. The highest BCUT2D eigenvalue weighted by molar-refractivity contribution is 6.30. The number of nitrogens with zero attached hydrogens (tertiary/aromatic N) is 5. The first-order chi connectivity index (χ1) is 16.1. The zero-order valence-corrected chi connectivity index (χ0v) is 19.2. The van der Waals surface area contributed by atoms with Gasteiger partial charge < -0.3 is 4.57 Å². The summed E-state index contributed by atoms with van der Waals surface area (Å²) in [5.74, 6) is 1.67. The molecule has 5 rings (SSSR count). The molecule has 0 aliphatic carbocycles. The molecule has 0 bridgehead atoms. The maximum Gasteiger partial charge on any atom is 0.136 e. The molecule has 1 saturated heterocycles. The third-order valence-corrected chi connectivity index (χ3v) is 6.39. The van der Waals surface area contributed by atoms with Gasteiger partial charge in [-0.1, -0.05) is 23.7 Å². The molecule has 0 saturated carbocycles. The molecule has 0 spiro atoms. The van der Waals surface area contributed by atoms with Crippen molar-refractivity contribution in [3.63, 3.8) is 0 Å². The summed E-state index contributed by atoms with van der Waals surface area (Å²) in [6, 6.07) is 14.6. The van der Waals surface area contributed by atoms with E-state index in [0.29, 0.717) is 5.02 Å². The Balaban J connectivity index is 1.39. The minimum Gasteiger partial charge on any atom is -0.304 e. The highest BCUT2D eigenvalue weighted by Gasteiger charge is 2.26. The molecule has 0 N–H and O–H groups in total. The van der Waals surface area contributed by atoms with Gasteiger partial charge in [0.05, 0.1) is 10.7 Å². The number of pyridine rings is 1. The number of halogens is 2. The van der Waals surface area contributed by atoms with Crippen LogP contribution in [0.5, 0.6) is 0 Å². The van der Waals surface area contributed by atoms with E-state index < -0.39 is 0 Å². The van der Waals surface area contributed by atoms with Crippen LogP contribution in [-0.2, 0) is 6.54 Å². The normalized spacial score (nSPS) is 16.8. The molecule has 7 heteroatoms. The molecular formula is C26H25ClFN5. The summed E-state index contributed by atoms with van der Waals surface area (Å²) >= 11 is 6.01. The third-order valence-electron chi connectivity index (χ3n) is 6.16. The van der Waals surface area contributed by atoms with Crippen molar-refractivity contribution in [2.75, 3.05) is 13.1 Å². The van der Waals surface area contributed by atoms with Gasteiger partial charge in [-0.05, 0) is 68.3 Å². The van der Waals surface area contributed by atoms with Crippen LogP contribution in [0.25, 0.3) is 16.9 Å². The quantitative estimate of drug-likeness (QED) is 0.376. The van der Waals surface area contributed by atoms with Crippen LogP contribution in [0.1, 0.15) is 36.0 Å². The summed E-state index contributed by atoms with van der Waals surface area (Å²) in [5.41, 5.74) is 4.17. The van der Waals surface area contributed by atoms with E-state index in [2.05, 4.69) is 25.5 Å². The van der Waals surface area contributed by atoms with Crippen molar-refractivity contribution in [2.24, 2.45) is 0 Å². The minimum absolute atomic E-state index is 0.240. The van der Waals surface area contributed by atoms with E-state index in [4.69, 9.17) is 16.6 Å². The van der Waals surface area contributed by atoms with Crippen LogP contribution >= 0.6 is 11.6 Å². The number of likely N-dealkylation sites (tertiary alicyclic amines) is 1. The number of hydrogen-bond donors (Lipinski definition) is 0. The number of rotatable bonds is 5. The van der Waals surface area contributed by atoms with Crippen LogP contribution in [-0.4, -0.2) is 37.5 Å². The Morgan fingerprint density at radius 2 is 1.91 bits per heavy atom. The molecule has 5 nitrogen and oxygen atoms in total. The highest BCUT2D eigenvalue weighted by atomic mass is 35.5. The molecule has 1 aliphatic rings. The predicted molar refractivity (Wildman–Crippen MR) is 128 cm³/mol. The Hall–Kier alpha value is -3.09. The van der Waals surface area contributed by atoms with Crippen molar-refractivity contribution in [1.29, 1.82) is 0 Å². The zero-order valence-electron chi connectivity index (χ0n) is 18.5. The number of benzene rings is 1. The second-order valence-corrected chi connectivity index (χ2v) is 8.94. The summed E-state index contributed by atoms with van der Waals surface area (Å²) in [7, 11) is 0. The first-order valence-corrected chi connectivity index (χ1v) is 11.5. The van der Waals surface area contributed by atoms with Crippen LogP contribution in [0.4, 0.5) is 4.39 Å². The van der Waals surface area contributed by atoms with E-state index in [0.717, 1.165) is 60.9 Å². The zero-order chi connectivity index (χ0) is 22.8. The average Bonchev–Trinajstić information content (AvgIpc) is 3.28. The summed E-state index contributed by atoms with van der Waals surface area (Å²) in [5, 5.41) is 0.628. The van der Waals surface area contributed by atoms with Crippen LogP contribution in [0.3, 0.4) is 0 Å².